The standard InChI is InChI=1S/C13H18N2O7S/c1-4-14(5-2)23(19,20)10-6-7-12(11(8-10)15(17)18)22-9-13(16)21-3/h6-8H,4-5,9H2,1-3H3. The molecular formula is C13H18N2O7S. The maximum atomic E-state index is 12.4. The fourth-order valence-corrected chi connectivity index (χ4v) is 3.31. The van der Waals surface area contributed by atoms with Crippen molar-refractivity contribution in [3.05, 3.63) is 28.3 Å². The highest BCUT2D eigenvalue weighted by molar-refractivity contribution is 7.89. The highest BCUT2D eigenvalue weighted by atomic mass is 32.2. The Morgan fingerprint density at radius 1 is 1.30 bits per heavy atom. The third kappa shape index (κ3) is 4.39. The summed E-state index contributed by atoms with van der Waals surface area (Å²) in [6.07, 6.45) is 0. The number of methoxy groups -OCH3 is 1. The van der Waals surface area contributed by atoms with E-state index in [9.17, 15) is 23.3 Å². The van der Waals surface area contributed by atoms with Crippen molar-refractivity contribution in [2.75, 3.05) is 26.8 Å². The molecule has 23 heavy (non-hydrogen) atoms. The van der Waals surface area contributed by atoms with Crippen LogP contribution in [0.1, 0.15) is 13.8 Å². The number of esters is 1. The number of carbonyl (C=O) groups is 1. The largest absolute Gasteiger partial charge is 0.475 e. The molecule has 0 aromatic heterocycles. The summed E-state index contributed by atoms with van der Waals surface area (Å²) in [4.78, 5) is 21.2. The van der Waals surface area contributed by atoms with Gasteiger partial charge in [0, 0.05) is 19.2 Å². The van der Waals surface area contributed by atoms with Gasteiger partial charge in [-0.05, 0) is 12.1 Å². The summed E-state index contributed by atoms with van der Waals surface area (Å²) < 4.78 is 35.3. The molecule has 1 aromatic rings. The van der Waals surface area contributed by atoms with Crippen molar-refractivity contribution in [3.63, 3.8) is 0 Å². The molecule has 10 heteroatoms. The molecule has 0 spiro atoms. The van der Waals surface area contributed by atoms with E-state index in [1.807, 2.05) is 0 Å². The Balaban J connectivity index is 3.23. The number of nitro groups is 1. The number of ether oxygens (including phenoxy) is 2. The van der Waals surface area contributed by atoms with E-state index in [1.54, 1.807) is 13.8 Å². The lowest BCUT2D eigenvalue weighted by atomic mass is 10.3. The van der Waals surface area contributed by atoms with Crippen LogP contribution in [0.25, 0.3) is 0 Å². The quantitative estimate of drug-likeness (QED) is 0.394. The number of rotatable bonds is 8. The highest BCUT2D eigenvalue weighted by Gasteiger charge is 2.26. The Morgan fingerprint density at radius 3 is 2.39 bits per heavy atom. The molecule has 0 radical (unpaired) electrons. The summed E-state index contributed by atoms with van der Waals surface area (Å²) in [5.74, 6) is -0.918. The predicted molar refractivity (Wildman–Crippen MR) is 80.7 cm³/mol. The zero-order valence-electron chi connectivity index (χ0n) is 13.0. The van der Waals surface area contributed by atoms with Crippen molar-refractivity contribution < 1.29 is 27.6 Å². The van der Waals surface area contributed by atoms with Crippen molar-refractivity contribution in [2.24, 2.45) is 0 Å². The summed E-state index contributed by atoms with van der Waals surface area (Å²) in [6.45, 7) is 3.31. The fraction of sp³-hybridized carbons (Fsp3) is 0.462. The van der Waals surface area contributed by atoms with Gasteiger partial charge >= 0.3 is 11.7 Å². The molecule has 0 fully saturated rings. The first-order chi connectivity index (χ1) is 10.8. The Hall–Kier alpha value is -2.20. The van der Waals surface area contributed by atoms with E-state index in [2.05, 4.69) is 4.74 Å². The summed E-state index contributed by atoms with van der Waals surface area (Å²) in [6, 6.07) is 3.27. The monoisotopic (exact) mass is 346 g/mol. The molecular weight excluding hydrogens is 328 g/mol. The van der Waals surface area contributed by atoms with Crippen LogP contribution in [0.3, 0.4) is 0 Å². The van der Waals surface area contributed by atoms with Gasteiger partial charge in [-0.1, -0.05) is 13.8 Å². The topological polar surface area (TPSA) is 116 Å². The van der Waals surface area contributed by atoms with Gasteiger partial charge in [0.2, 0.25) is 10.0 Å². The van der Waals surface area contributed by atoms with E-state index in [-0.39, 0.29) is 23.7 Å². The number of carbonyl (C=O) groups excluding carboxylic acids is 1. The van der Waals surface area contributed by atoms with Crippen molar-refractivity contribution in [1.29, 1.82) is 0 Å². The molecule has 0 aliphatic heterocycles. The van der Waals surface area contributed by atoms with E-state index in [4.69, 9.17) is 4.74 Å². The average Bonchev–Trinajstić information content (AvgIpc) is 2.53. The van der Waals surface area contributed by atoms with Crippen LogP contribution in [0, 0.1) is 10.1 Å². The third-order valence-corrected chi connectivity index (χ3v) is 5.09. The lowest BCUT2D eigenvalue weighted by molar-refractivity contribution is -0.386. The summed E-state index contributed by atoms with van der Waals surface area (Å²) in [7, 11) is -2.68. The number of hydrogen-bond donors (Lipinski definition) is 0. The SMILES string of the molecule is CCN(CC)S(=O)(=O)c1ccc(OCC(=O)OC)c([N+](=O)[O-])c1. The van der Waals surface area contributed by atoms with Crippen LogP contribution in [-0.4, -0.2) is 50.4 Å². The number of nitro benzene ring substituents is 1. The van der Waals surface area contributed by atoms with Crippen molar-refractivity contribution in [3.8, 4) is 5.75 Å². The highest BCUT2D eigenvalue weighted by Crippen LogP contribution is 2.30. The first kappa shape index (κ1) is 18.8. The molecule has 0 saturated carbocycles. The Bertz CT molecular complexity index is 684. The molecule has 0 atom stereocenters. The van der Waals surface area contributed by atoms with Gasteiger partial charge in [0.05, 0.1) is 16.9 Å². The van der Waals surface area contributed by atoms with E-state index < -0.39 is 33.2 Å². The summed E-state index contributed by atoms with van der Waals surface area (Å²) >= 11 is 0. The first-order valence-corrected chi connectivity index (χ1v) is 8.20. The second-order valence-corrected chi connectivity index (χ2v) is 6.28. The first-order valence-electron chi connectivity index (χ1n) is 6.76. The van der Waals surface area contributed by atoms with Gasteiger partial charge in [-0.25, -0.2) is 13.2 Å². The van der Waals surface area contributed by atoms with Crippen LogP contribution in [0.2, 0.25) is 0 Å². The number of hydrogen-bond acceptors (Lipinski definition) is 7. The fourth-order valence-electron chi connectivity index (χ4n) is 1.83. The van der Waals surface area contributed by atoms with E-state index >= 15 is 0 Å². The molecule has 0 N–H and O–H groups in total. The van der Waals surface area contributed by atoms with Gasteiger partial charge < -0.3 is 9.47 Å². The zero-order chi connectivity index (χ0) is 17.6. The number of benzene rings is 1. The molecule has 0 unspecified atom stereocenters. The molecule has 0 saturated heterocycles. The van der Waals surface area contributed by atoms with Gasteiger partial charge in [0.25, 0.3) is 0 Å². The Labute approximate surface area is 134 Å². The van der Waals surface area contributed by atoms with Crippen LogP contribution in [0.4, 0.5) is 5.69 Å². The minimum atomic E-state index is -3.83. The second-order valence-electron chi connectivity index (χ2n) is 4.34. The van der Waals surface area contributed by atoms with Gasteiger partial charge in [0.15, 0.2) is 12.4 Å². The molecule has 0 heterocycles. The van der Waals surface area contributed by atoms with E-state index in [0.717, 1.165) is 19.2 Å². The molecule has 0 amide bonds. The molecule has 1 aromatic carbocycles. The molecule has 0 aliphatic rings. The predicted octanol–water partition coefficient (Wildman–Crippen LogP) is 1.18. The molecule has 9 nitrogen and oxygen atoms in total. The van der Waals surface area contributed by atoms with Gasteiger partial charge in [-0.3, -0.25) is 10.1 Å². The maximum Gasteiger partial charge on any atom is 0.343 e. The molecule has 0 bridgehead atoms. The minimum absolute atomic E-state index is 0.209. The average molecular weight is 346 g/mol. The van der Waals surface area contributed by atoms with Crippen molar-refractivity contribution >= 4 is 21.7 Å². The van der Waals surface area contributed by atoms with Crippen LogP contribution >= 0.6 is 0 Å². The second kappa shape index (κ2) is 7.88. The van der Waals surface area contributed by atoms with Gasteiger partial charge in [0.1, 0.15) is 0 Å². The smallest absolute Gasteiger partial charge is 0.343 e. The van der Waals surface area contributed by atoms with Crippen LogP contribution in [-0.2, 0) is 19.6 Å². The lowest BCUT2D eigenvalue weighted by Crippen LogP contribution is -2.30. The van der Waals surface area contributed by atoms with Crippen molar-refractivity contribution in [2.45, 2.75) is 18.7 Å². The van der Waals surface area contributed by atoms with Gasteiger partial charge in [-0.15, -0.1) is 0 Å². The summed E-state index contributed by atoms with van der Waals surface area (Å²) in [5.41, 5.74) is -0.540. The van der Waals surface area contributed by atoms with E-state index in [1.165, 1.54) is 10.4 Å². The zero-order valence-corrected chi connectivity index (χ0v) is 13.8. The Morgan fingerprint density at radius 2 is 1.91 bits per heavy atom. The summed E-state index contributed by atoms with van der Waals surface area (Å²) in [5, 5.41) is 11.1. The third-order valence-electron chi connectivity index (χ3n) is 3.04. The van der Waals surface area contributed by atoms with Crippen LogP contribution in [0.15, 0.2) is 23.1 Å². The van der Waals surface area contributed by atoms with Crippen molar-refractivity contribution in [1.82, 2.24) is 4.31 Å². The number of sulfonamides is 1. The lowest BCUT2D eigenvalue weighted by Gasteiger charge is -2.18. The molecule has 1 rings (SSSR count). The number of nitrogens with zero attached hydrogens (tertiary/aromatic N) is 2. The van der Waals surface area contributed by atoms with Crippen LogP contribution in [0.5, 0.6) is 5.75 Å². The minimum Gasteiger partial charge on any atom is -0.475 e. The van der Waals surface area contributed by atoms with Crippen LogP contribution < -0.4 is 4.74 Å². The maximum absolute atomic E-state index is 12.4. The molecule has 0 aliphatic carbocycles. The Kier molecular flexibility index (Phi) is 6.46. The normalized spacial score (nSPS) is 11.3. The molecule has 128 valence electrons. The van der Waals surface area contributed by atoms with Gasteiger partial charge in [-0.2, -0.15) is 4.31 Å². The van der Waals surface area contributed by atoms with E-state index in [0.29, 0.717) is 0 Å².